The zero-order valence-corrected chi connectivity index (χ0v) is 24.6. The molecule has 0 bridgehead atoms. The van der Waals surface area contributed by atoms with E-state index in [4.69, 9.17) is 4.74 Å². The highest BCUT2D eigenvalue weighted by Crippen LogP contribution is 2.44. The van der Waals surface area contributed by atoms with Gasteiger partial charge < -0.3 is 24.8 Å². The van der Waals surface area contributed by atoms with E-state index < -0.39 is 10.8 Å². The Morgan fingerprint density at radius 3 is 2.41 bits per heavy atom. The summed E-state index contributed by atoms with van der Waals surface area (Å²) >= 11 is 1.51. The third-order valence-corrected chi connectivity index (χ3v) is 8.54. The lowest BCUT2D eigenvalue weighted by atomic mass is 10.0. The Kier molecular flexibility index (Phi) is 7.82. The number of anilines is 2. The molecular formula is C32H34N4O4S. The molecule has 2 heterocycles. The van der Waals surface area contributed by atoms with Crippen LogP contribution in [0.4, 0.5) is 11.4 Å². The van der Waals surface area contributed by atoms with Crippen molar-refractivity contribution in [3.8, 4) is 5.75 Å². The van der Waals surface area contributed by atoms with Crippen LogP contribution in [0.1, 0.15) is 38.2 Å². The van der Waals surface area contributed by atoms with Crippen LogP contribution in [0.5, 0.6) is 5.75 Å². The topological polar surface area (TPSA) is 94.7 Å². The number of rotatable bonds is 7. The van der Waals surface area contributed by atoms with Crippen LogP contribution in [0.25, 0.3) is 10.9 Å². The van der Waals surface area contributed by atoms with Gasteiger partial charge in [-0.2, -0.15) is 0 Å². The van der Waals surface area contributed by atoms with Crippen LogP contribution >= 0.6 is 11.8 Å². The highest BCUT2D eigenvalue weighted by Gasteiger charge is 2.44. The van der Waals surface area contributed by atoms with E-state index in [0.717, 1.165) is 15.8 Å². The number of para-hydroxylation sites is 2. The van der Waals surface area contributed by atoms with Crippen molar-refractivity contribution in [1.82, 2.24) is 10.3 Å². The van der Waals surface area contributed by atoms with E-state index in [-0.39, 0.29) is 30.3 Å². The van der Waals surface area contributed by atoms with Gasteiger partial charge in [0, 0.05) is 32.3 Å². The van der Waals surface area contributed by atoms with Crippen LogP contribution in [0.2, 0.25) is 0 Å². The van der Waals surface area contributed by atoms with Crippen molar-refractivity contribution in [2.75, 3.05) is 23.5 Å². The Morgan fingerprint density at radius 2 is 1.73 bits per heavy atom. The molecule has 1 aliphatic rings. The molecule has 0 fully saturated rings. The maximum atomic E-state index is 14.3. The minimum Gasteiger partial charge on any atom is -0.497 e. The van der Waals surface area contributed by atoms with Gasteiger partial charge in [-0.1, -0.05) is 30.3 Å². The van der Waals surface area contributed by atoms with Gasteiger partial charge in [-0.15, -0.1) is 11.8 Å². The molecule has 0 radical (unpaired) electrons. The molecule has 41 heavy (non-hydrogen) atoms. The van der Waals surface area contributed by atoms with Gasteiger partial charge in [0.2, 0.25) is 5.91 Å². The van der Waals surface area contributed by atoms with Crippen LogP contribution < -0.4 is 19.9 Å². The van der Waals surface area contributed by atoms with Crippen LogP contribution in [0.15, 0.2) is 83.8 Å². The molecule has 0 spiro atoms. The summed E-state index contributed by atoms with van der Waals surface area (Å²) in [6.07, 6.45) is 0. The zero-order valence-electron chi connectivity index (χ0n) is 23.8. The molecule has 1 atom stereocenters. The molecule has 5 rings (SSSR count). The quantitative estimate of drug-likeness (QED) is 0.300. The lowest BCUT2D eigenvalue weighted by Crippen LogP contribution is -2.58. The fourth-order valence-electron chi connectivity index (χ4n) is 5.17. The number of hydrogen-bond acceptors (Lipinski definition) is 5. The largest absolute Gasteiger partial charge is 0.497 e. The van der Waals surface area contributed by atoms with Gasteiger partial charge in [-0.25, -0.2) is 0 Å². The molecule has 3 amide bonds. The smallest absolute Gasteiger partial charge is 0.268 e. The summed E-state index contributed by atoms with van der Waals surface area (Å²) in [5.41, 5.74) is 2.56. The van der Waals surface area contributed by atoms with Gasteiger partial charge in [0.1, 0.15) is 24.0 Å². The van der Waals surface area contributed by atoms with Crippen molar-refractivity contribution >= 4 is 51.8 Å². The predicted octanol–water partition coefficient (Wildman–Crippen LogP) is 5.63. The maximum Gasteiger partial charge on any atom is 0.268 e. The zero-order chi connectivity index (χ0) is 29.3. The first-order valence-corrected chi connectivity index (χ1v) is 14.3. The number of aromatic amines is 1. The van der Waals surface area contributed by atoms with Gasteiger partial charge in [-0.3, -0.25) is 14.4 Å². The molecule has 3 aromatic carbocycles. The molecule has 9 heteroatoms. The Balaban J connectivity index is 1.47. The first kappa shape index (κ1) is 28.3. The molecule has 212 valence electrons. The number of hydrogen-bond donors (Lipinski definition) is 2. The van der Waals surface area contributed by atoms with Crippen molar-refractivity contribution in [2.45, 2.75) is 49.4 Å². The minimum absolute atomic E-state index is 0.156. The number of ether oxygens (including phenoxy) is 1. The fraction of sp³-hybridized carbons (Fsp3) is 0.281. The summed E-state index contributed by atoms with van der Waals surface area (Å²) in [6, 6.07) is 23.2. The van der Waals surface area contributed by atoms with Crippen molar-refractivity contribution in [3.05, 3.63) is 84.6 Å². The molecule has 2 N–H and O–H groups in total. The van der Waals surface area contributed by atoms with E-state index in [0.29, 0.717) is 22.8 Å². The van der Waals surface area contributed by atoms with Crippen molar-refractivity contribution in [2.24, 2.45) is 0 Å². The third-order valence-electron chi connectivity index (χ3n) is 7.22. The lowest BCUT2D eigenvalue weighted by molar-refractivity contribution is -0.124. The second-order valence-corrected chi connectivity index (χ2v) is 12.5. The highest BCUT2D eigenvalue weighted by atomic mass is 32.2. The number of carbonyl (C=O) groups is 3. The van der Waals surface area contributed by atoms with Crippen molar-refractivity contribution < 1.29 is 19.1 Å². The number of thioether (sulfide) groups is 1. The Morgan fingerprint density at radius 1 is 1.05 bits per heavy atom. The van der Waals surface area contributed by atoms with E-state index >= 15 is 0 Å². The van der Waals surface area contributed by atoms with Gasteiger partial charge in [0.25, 0.3) is 11.8 Å². The number of amides is 3. The Labute approximate surface area is 244 Å². The number of H-pyrrole nitrogens is 1. The number of nitrogens with zero attached hydrogens (tertiary/aromatic N) is 2. The summed E-state index contributed by atoms with van der Waals surface area (Å²) < 4.78 is 4.57. The Bertz CT molecular complexity index is 1560. The molecule has 4 aromatic rings. The average Bonchev–Trinajstić information content (AvgIpc) is 3.36. The van der Waals surface area contributed by atoms with Gasteiger partial charge in [0.15, 0.2) is 0 Å². The fourth-order valence-corrected chi connectivity index (χ4v) is 6.44. The summed E-state index contributed by atoms with van der Waals surface area (Å²) in [6.45, 7) is 7.55. The first-order valence-electron chi connectivity index (χ1n) is 13.5. The number of methoxy groups -OCH3 is 1. The molecule has 0 saturated heterocycles. The normalized spacial score (nSPS) is 16.3. The second-order valence-electron chi connectivity index (χ2n) is 10.8. The van der Waals surface area contributed by atoms with Crippen LogP contribution in [-0.4, -0.2) is 53.2 Å². The standard InChI is InChI=1S/C32H34N4O4S/c1-20(2)36(22-14-16-23(40-5)17-15-22)28(37)19-35-26-12-8-9-13-27(26)41-32(3,4)29(31(35)39)34-30(38)25-18-21-10-6-7-11-24(21)33-25/h6-18,20,29,33H,19H2,1-5H3,(H,34,38). The first-order chi connectivity index (χ1) is 19.6. The van der Waals surface area contributed by atoms with E-state index in [2.05, 4.69) is 10.3 Å². The summed E-state index contributed by atoms with van der Waals surface area (Å²) in [5.74, 6) is -0.274. The number of aromatic nitrogens is 1. The predicted molar refractivity (Wildman–Crippen MR) is 164 cm³/mol. The molecule has 1 unspecified atom stereocenters. The summed E-state index contributed by atoms with van der Waals surface area (Å²) in [5, 5.41) is 3.90. The summed E-state index contributed by atoms with van der Waals surface area (Å²) in [7, 11) is 1.59. The second kappa shape index (κ2) is 11.3. The number of benzene rings is 3. The van der Waals surface area contributed by atoms with Crippen molar-refractivity contribution in [1.29, 1.82) is 0 Å². The van der Waals surface area contributed by atoms with Crippen LogP contribution in [0, 0.1) is 0 Å². The molecule has 1 aromatic heterocycles. The average molecular weight is 571 g/mol. The molecule has 0 aliphatic carbocycles. The number of fused-ring (bicyclic) bond motifs is 2. The Hall–Kier alpha value is -4.24. The van der Waals surface area contributed by atoms with Gasteiger partial charge >= 0.3 is 0 Å². The number of nitrogens with one attached hydrogen (secondary N) is 2. The lowest BCUT2D eigenvalue weighted by Gasteiger charge is -2.34. The van der Waals surface area contributed by atoms with Crippen LogP contribution in [-0.2, 0) is 9.59 Å². The van der Waals surface area contributed by atoms with E-state index in [1.807, 2.05) is 88.4 Å². The molecular weight excluding hydrogens is 536 g/mol. The highest BCUT2D eigenvalue weighted by molar-refractivity contribution is 8.01. The van der Waals surface area contributed by atoms with Crippen molar-refractivity contribution in [3.63, 3.8) is 0 Å². The molecule has 0 saturated carbocycles. The van der Waals surface area contributed by atoms with Gasteiger partial charge in [0.05, 0.1) is 12.8 Å². The summed E-state index contributed by atoms with van der Waals surface area (Å²) in [4.78, 5) is 48.8. The monoisotopic (exact) mass is 570 g/mol. The van der Waals surface area contributed by atoms with E-state index in [9.17, 15) is 14.4 Å². The van der Waals surface area contributed by atoms with E-state index in [1.54, 1.807) is 30.2 Å². The number of carbonyl (C=O) groups excluding carboxylic acids is 3. The molecule has 8 nitrogen and oxygen atoms in total. The molecule has 1 aliphatic heterocycles. The van der Waals surface area contributed by atoms with Crippen LogP contribution in [0.3, 0.4) is 0 Å². The minimum atomic E-state index is -0.903. The maximum absolute atomic E-state index is 14.3. The van der Waals surface area contributed by atoms with E-state index in [1.165, 1.54) is 16.7 Å². The van der Waals surface area contributed by atoms with Gasteiger partial charge in [-0.05, 0) is 76.2 Å². The third kappa shape index (κ3) is 5.67. The SMILES string of the molecule is COc1ccc(N(C(=O)CN2C(=O)C(NC(=O)c3cc4ccccc4[nH]3)C(C)(C)Sc3ccccc32)C(C)C)cc1.